The molecule has 2 aromatic carbocycles. The molecule has 0 amide bonds. The number of anilines is 1. The normalized spacial score (nSPS) is 20.1. The van der Waals surface area contributed by atoms with E-state index in [-0.39, 0.29) is 12.4 Å². The number of benzene rings is 2. The predicted octanol–water partition coefficient (Wildman–Crippen LogP) is 2.92. The standard InChI is InChI=1S/C27H28N4O3/c1-27(2)21-11-23(31-7-5-30(6-8-31)18-14-34-15-18)17(13-32)10-20(21)25(33)24-19-4-3-16(12-28)9-22(19)29-26(24)27/h3-4,9-11,18,29,32H,5-8,13-15H2,1-2H3. The molecular formula is C27H28N4O3. The number of aromatic amines is 1. The van der Waals surface area contributed by atoms with Gasteiger partial charge in [-0.15, -0.1) is 0 Å². The Bertz CT molecular complexity index is 1350. The summed E-state index contributed by atoms with van der Waals surface area (Å²) in [6, 6.07) is 12.1. The number of nitrogens with zero attached hydrogens (tertiary/aromatic N) is 3. The Kier molecular flexibility index (Phi) is 4.82. The first kappa shape index (κ1) is 21.4. The molecule has 7 nitrogen and oxygen atoms in total. The second kappa shape index (κ2) is 7.67. The minimum Gasteiger partial charge on any atom is -0.392 e. The number of ether oxygens (including phenoxy) is 1. The zero-order chi connectivity index (χ0) is 23.6. The van der Waals surface area contributed by atoms with Gasteiger partial charge in [-0.3, -0.25) is 9.69 Å². The molecular weight excluding hydrogens is 428 g/mol. The first-order valence-corrected chi connectivity index (χ1v) is 11.9. The molecule has 0 bridgehead atoms. The van der Waals surface area contributed by atoms with E-state index in [0.717, 1.165) is 72.8 Å². The highest BCUT2D eigenvalue weighted by molar-refractivity contribution is 6.20. The number of nitrogens with one attached hydrogen (secondary N) is 1. The molecule has 2 N–H and O–H groups in total. The maximum absolute atomic E-state index is 13.7. The Morgan fingerprint density at radius 2 is 1.94 bits per heavy atom. The number of aromatic nitrogens is 1. The molecule has 6 rings (SSSR count). The van der Waals surface area contributed by atoms with Gasteiger partial charge < -0.3 is 19.7 Å². The molecule has 0 atom stereocenters. The number of H-pyrrole nitrogens is 1. The minimum atomic E-state index is -0.432. The van der Waals surface area contributed by atoms with Gasteiger partial charge in [0, 0.05) is 65.0 Å². The van der Waals surface area contributed by atoms with E-state index < -0.39 is 5.41 Å². The van der Waals surface area contributed by atoms with Gasteiger partial charge in [-0.05, 0) is 29.8 Å². The fourth-order valence-corrected chi connectivity index (χ4v) is 5.76. The molecule has 0 saturated carbocycles. The number of aliphatic hydroxyl groups is 1. The van der Waals surface area contributed by atoms with E-state index in [1.54, 1.807) is 12.1 Å². The van der Waals surface area contributed by atoms with Gasteiger partial charge in [-0.25, -0.2) is 0 Å². The van der Waals surface area contributed by atoms with E-state index in [4.69, 9.17) is 4.74 Å². The van der Waals surface area contributed by atoms with Crippen molar-refractivity contribution in [2.75, 3.05) is 44.3 Å². The molecule has 7 heteroatoms. The summed E-state index contributed by atoms with van der Waals surface area (Å²) >= 11 is 0. The van der Waals surface area contributed by atoms with Gasteiger partial charge in [0.25, 0.3) is 0 Å². The first-order valence-electron chi connectivity index (χ1n) is 11.9. The van der Waals surface area contributed by atoms with Crippen LogP contribution in [0.5, 0.6) is 0 Å². The lowest BCUT2D eigenvalue weighted by Gasteiger charge is -2.44. The fourth-order valence-electron chi connectivity index (χ4n) is 5.76. The molecule has 1 aromatic heterocycles. The summed E-state index contributed by atoms with van der Waals surface area (Å²) in [6.07, 6.45) is 0. The quantitative estimate of drug-likeness (QED) is 0.630. The lowest BCUT2D eigenvalue weighted by atomic mass is 9.70. The van der Waals surface area contributed by atoms with E-state index in [9.17, 15) is 15.2 Å². The van der Waals surface area contributed by atoms with E-state index in [1.165, 1.54) is 0 Å². The molecule has 1 aliphatic carbocycles. The molecule has 174 valence electrons. The van der Waals surface area contributed by atoms with Crippen LogP contribution in [0.2, 0.25) is 0 Å². The average Bonchev–Trinajstić information content (AvgIpc) is 3.21. The third kappa shape index (κ3) is 3.03. The van der Waals surface area contributed by atoms with Crippen molar-refractivity contribution in [2.45, 2.75) is 31.9 Å². The summed E-state index contributed by atoms with van der Waals surface area (Å²) in [6.45, 7) is 9.48. The van der Waals surface area contributed by atoms with Crippen molar-refractivity contribution in [3.05, 3.63) is 63.8 Å². The molecule has 3 heterocycles. The number of hydrogen-bond donors (Lipinski definition) is 2. The molecule has 2 fully saturated rings. The Morgan fingerprint density at radius 3 is 2.59 bits per heavy atom. The van der Waals surface area contributed by atoms with Crippen LogP contribution in [0.1, 0.15) is 52.2 Å². The molecule has 2 aliphatic heterocycles. The number of piperazine rings is 1. The number of nitriles is 1. The average molecular weight is 457 g/mol. The lowest BCUT2D eigenvalue weighted by molar-refractivity contribution is -0.0660. The van der Waals surface area contributed by atoms with Gasteiger partial charge in [-0.1, -0.05) is 19.9 Å². The number of carbonyl (C=O) groups is 1. The summed E-state index contributed by atoms with van der Waals surface area (Å²) in [5.74, 6) is -0.0312. The SMILES string of the molecule is CC1(C)c2cc(N3CCN(C4COC4)CC3)c(CO)cc2C(=O)c2c1[nH]c1cc(C#N)ccc21. The monoisotopic (exact) mass is 456 g/mol. The van der Waals surface area contributed by atoms with Crippen LogP contribution in [0, 0.1) is 11.3 Å². The van der Waals surface area contributed by atoms with Crippen LogP contribution in [0.15, 0.2) is 30.3 Å². The van der Waals surface area contributed by atoms with Gasteiger partial charge >= 0.3 is 0 Å². The van der Waals surface area contributed by atoms with Crippen LogP contribution < -0.4 is 4.90 Å². The maximum atomic E-state index is 13.7. The summed E-state index contributed by atoms with van der Waals surface area (Å²) < 4.78 is 5.36. The van der Waals surface area contributed by atoms with Crippen LogP contribution in [0.4, 0.5) is 5.69 Å². The summed E-state index contributed by atoms with van der Waals surface area (Å²) in [5, 5.41) is 20.4. The Labute approximate surface area is 198 Å². The van der Waals surface area contributed by atoms with Crippen LogP contribution >= 0.6 is 0 Å². The number of rotatable bonds is 3. The Morgan fingerprint density at radius 1 is 1.18 bits per heavy atom. The van der Waals surface area contributed by atoms with Crippen molar-refractivity contribution in [1.82, 2.24) is 9.88 Å². The summed E-state index contributed by atoms with van der Waals surface area (Å²) in [4.78, 5) is 22.0. The molecule has 0 unspecified atom stereocenters. The smallest absolute Gasteiger partial charge is 0.195 e. The molecule has 34 heavy (non-hydrogen) atoms. The van der Waals surface area contributed by atoms with Crippen LogP contribution in [-0.2, 0) is 16.8 Å². The Hall–Kier alpha value is -3.18. The van der Waals surface area contributed by atoms with Crippen LogP contribution in [-0.4, -0.2) is 66.2 Å². The predicted molar refractivity (Wildman–Crippen MR) is 129 cm³/mol. The topological polar surface area (TPSA) is 92.6 Å². The highest BCUT2D eigenvalue weighted by Gasteiger charge is 2.41. The summed E-state index contributed by atoms with van der Waals surface area (Å²) in [7, 11) is 0. The number of ketones is 1. The van der Waals surface area contributed by atoms with E-state index >= 15 is 0 Å². The van der Waals surface area contributed by atoms with Gasteiger partial charge in [-0.2, -0.15) is 5.26 Å². The van der Waals surface area contributed by atoms with Gasteiger partial charge in [0.2, 0.25) is 0 Å². The molecule has 0 radical (unpaired) electrons. The Balaban J connectivity index is 1.42. The van der Waals surface area contributed by atoms with Crippen LogP contribution in [0.3, 0.4) is 0 Å². The number of fused-ring (bicyclic) bond motifs is 4. The molecule has 3 aliphatic rings. The number of carbonyl (C=O) groups excluding carboxylic acids is 1. The third-order valence-corrected chi connectivity index (χ3v) is 7.88. The van der Waals surface area contributed by atoms with E-state index in [1.807, 2.05) is 12.1 Å². The highest BCUT2D eigenvalue weighted by atomic mass is 16.5. The molecule has 2 saturated heterocycles. The van der Waals surface area contributed by atoms with Gasteiger partial charge in [0.15, 0.2) is 5.78 Å². The van der Waals surface area contributed by atoms with Crippen LogP contribution in [0.25, 0.3) is 10.9 Å². The largest absolute Gasteiger partial charge is 0.392 e. The van der Waals surface area contributed by atoms with Crippen molar-refractivity contribution in [1.29, 1.82) is 5.26 Å². The highest BCUT2D eigenvalue weighted by Crippen LogP contribution is 2.45. The maximum Gasteiger partial charge on any atom is 0.195 e. The third-order valence-electron chi connectivity index (χ3n) is 7.88. The van der Waals surface area contributed by atoms with Crippen molar-refractivity contribution in [3.8, 4) is 6.07 Å². The lowest BCUT2D eigenvalue weighted by Crippen LogP contribution is -2.56. The van der Waals surface area contributed by atoms with E-state index in [0.29, 0.717) is 22.7 Å². The number of hydrogen-bond acceptors (Lipinski definition) is 6. The molecule has 3 aromatic rings. The zero-order valence-electron chi connectivity index (χ0n) is 19.5. The zero-order valence-corrected chi connectivity index (χ0v) is 19.5. The second-order valence-electron chi connectivity index (χ2n) is 10.1. The van der Waals surface area contributed by atoms with Crippen molar-refractivity contribution < 1.29 is 14.6 Å². The molecule has 0 spiro atoms. The fraction of sp³-hybridized carbons (Fsp3) is 0.407. The van der Waals surface area contributed by atoms with Crippen molar-refractivity contribution in [3.63, 3.8) is 0 Å². The van der Waals surface area contributed by atoms with Gasteiger partial charge in [0.05, 0.1) is 43.1 Å². The minimum absolute atomic E-state index is 0.0312. The number of aliphatic hydroxyl groups excluding tert-OH is 1. The first-order chi connectivity index (χ1) is 16.4. The van der Waals surface area contributed by atoms with Crippen molar-refractivity contribution in [2.24, 2.45) is 0 Å². The van der Waals surface area contributed by atoms with Gasteiger partial charge in [0.1, 0.15) is 0 Å². The van der Waals surface area contributed by atoms with E-state index in [2.05, 4.69) is 40.8 Å². The summed E-state index contributed by atoms with van der Waals surface area (Å²) in [5.41, 5.74) is 5.91. The van der Waals surface area contributed by atoms with Crippen molar-refractivity contribution >= 4 is 22.4 Å². The second-order valence-corrected chi connectivity index (χ2v) is 10.1.